The van der Waals surface area contributed by atoms with Crippen LogP contribution in [-0.2, 0) is 38.7 Å². The summed E-state index contributed by atoms with van der Waals surface area (Å²) in [5.74, 6) is -2.24. The smallest absolute Gasteiger partial charge is 0.331 e. The van der Waals surface area contributed by atoms with Gasteiger partial charge in [-0.3, -0.25) is 9.35 Å². The van der Waals surface area contributed by atoms with Crippen molar-refractivity contribution in [3.63, 3.8) is 0 Å². The number of ether oxygens (including phenoxy) is 4. The molecule has 56 heavy (non-hydrogen) atoms. The summed E-state index contributed by atoms with van der Waals surface area (Å²) in [5.41, 5.74) is 0. The molecule has 1 saturated heterocycles. The average molecular weight is 819 g/mol. The summed E-state index contributed by atoms with van der Waals surface area (Å²) in [6, 6.07) is 0. The monoisotopic (exact) mass is 819 g/mol. The summed E-state index contributed by atoms with van der Waals surface area (Å²) in [4.78, 5) is 25.2. The molecule has 2 unspecified atom stereocenters. The van der Waals surface area contributed by atoms with E-state index < -0.39 is 71.2 Å². The largest absolute Gasteiger partial charge is 0.462 e. The number of hydrogen-bond donors (Lipinski definition) is 4. The zero-order valence-electron chi connectivity index (χ0n) is 34.7. The Hall–Kier alpha value is -1.87. The molecular formula is C43H78O12S. The molecular weight excluding hydrogens is 741 g/mol. The first-order valence-corrected chi connectivity index (χ1v) is 23.5. The Kier molecular flexibility index (Phi) is 31.7. The van der Waals surface area contributed by atoms with Crippen LogP contribution in [0.25, 0.3) is 0 Å². The van der Waals surface area contributed by atoms with E-state index in [0.29, 0.717) is 6.42 Å². The van der Waals surface area contributed by atoms with Crippen molar-refractivity contribution < 1.29 is 56.8 Å². The Morgan fingerprint density at radius 1 is 0.643 bits per heavy atom. The van der Waals surface area contributed by atoms with Gasteiger partial charge < -0.3 is 34.3 Å². The van der Waals surface area contributed by atoms with Crippen molar-refractivity contribution in [2.24, 2.45) is 0 Å². The van der Waals surface area contributed by atoms with Crippen molar-refractivity contribution >= 4 is 22.1 Å². The molecule has 1 heterocycles. The quantitative estimate of drug-likeness (QED) is 0.0156. The average Bonchev–Trinajstić information content (AvgIpc) is 3.16. The van der Waals surface area contributed by atoms with Gasteiger partial charge in [0.1, 0.15) is 36.8 Å². The molecule has 1 aliphatic heterocycles. The number of aliphatic hydroxyl groups excluding tert-OH is 3. The molecule has 13 heteroatoms. The molecule has 0 bridgehead atoms. The maximum absolute atomic E-state index is 12.7. The van der Waals surface area contributed by atoms with E-state index in [9.17, 15) is 37.9 Å². The van der Waals surface area contributed by atoms with Crippen LogP contribution in [0.1, 0.15) is 181 Å². The van der Waals surface area contributed by atoms with Crippen LogP contribution >= 0.6 is 0 Å². The van der Waals surface area contributed by atoms with Crippen molar-refractivity contribution in [3.8, 4) is 0 Å². The Morgan fingerprint density at radius 3 is 1.62 bits per heavy atom. The van der Waals surface area contributed by atoms with Crippen LogP contribution in [0.3, 0.4) is 0 Å². The van der Waals surface area contributed by atoms with Gasteiger partial charge in [-0.15, -0.1) is 0 Å². The topological polar surface area (TPSA) is 186 Å². The van der Waals surface area contributed by atoms with Crippen LogP contribution in [-0.4, -0.2) is 96.0 Å². The molecule has 0 aliphatic carbocycles. The summed E-state index contributed by atoms with van der Waals surface area (Å²) < 4.78 is 53.8. The molecule has 0 spiro atoms. The fourth-order valence-electron chi connectivity index (χ4n) is 6.70. The van der Waals surface area contributed by atoms with E-state index in [1.54, 1.807) is 12.2 Å². The summed E-state index contributed by atoms with van der Waals surface area (Å²) in [7, 11) is -4.61. The minimum Gasteiger partial charge on any atom is -0.462 e. The first-order chi connectivity index (χ1) is 27.0. The van der Waals surface area contributed by atoms with Crippen molar-refractivity contribution in [1.29, 1.82) is 0 Å². The number of rotatable bonds is 36. The van der Waals surface area contributed by atoms with Crippen molar-refractivity contribution in [2.45, 2.75) is 218 Å². The number of carbonyl (C=O) groups is 2. The van der Waals surface area contributed by atoms with Crippen LogP contribution < -0.4 is 0 Å². The number of allylic oxidation sites excluding steroid dienone is 3. The molecule has 6 atom stereocenters. The fraction of sp³-hybridized carbons (Fsp3) is 0.860. The normalized spacial score (nSPS) is 20.9. The predicted octanol–water partition coefficient (Wildman–Crippen LogP) is 8.45. The summed E-state index contributed by atoms with van der Waals surface area (Å²) in [6.07, 6.45) is 27.2. The van der Waals surface area contributed by atoms with Crippen LogP contribution in [0, 0.1) is 0 Å². The van der Waals surface area contributed by atoms with Crippen molar-refractivity contribution in [1.82, 2.24) is 0 Å². The van der Waals surface area contributed by atoms with Gasteiger partial charge in [0.05, 0.1) is 6.61 Å². The lowest BCUT2D eigenvalue weighted by Gasteiger charge is -2.40. The van der Waals surface area contributed by atoms with Crippen molar-refractivity contribution in [2.75, 3.05) is 19.0 Å². The van der Waals surface area contributed by atoms with Gasteiger partial charge >= 0.3 is 11.9 Å². The zero-order chi connectivity index (χ0) is 41.3. The summed E-state index contributed by atoms with van der Waals surface area (Å²) in [5, 5.41) is 30.8. The van der Waals surface area contributed by atoms with Gasteiger partial charge in [0.15, 0.2) is 12.4 Å². The maximum Gasteiger partial charge on any atom is 0.331 e. The Labute approximate surface area is 338 Å². The van der Waals surface area contributed by atoms with Crippen LogP contribution in [0.2, 0.25) is 0 Å². The van der Waals surface area contributed by atoms with Gasteiger partial charge in [0, 0.05) is 12.5 Å². The highest BCUT2D eigenvalue weighted by atomic mass is 32.2. The van der Waals surface area contributed by atoms with E-state index in [4.69, 9.17) is 18.9 Å². The van der Waals surface area contributed by atoms with Gasteiger partial charge in [0.2, 0.25) is 0 Å². The van der Waals surface area contributed by atoms with E-state index in [-0.39, 0.29) is 13.0 Å². The third kappa shape index (κ3) is 28.5. The third-order valence-corrected chi connectivity index (χ3v) is 10.9. The van der Waals surface area contributed by atoms with Crippen LogP contribution in [0.15, 0.2) is 24.3 Å². The lowest BCUT2D eigenvalue weighted by Crippen LogP contribution is -2.60. The zero-order valence-corrected chi connectivity index (χ0v) is 35.6. The standard InChI is InChI=1S/C43H78O12S/c1-3-5-7-9-11-13-15-17-18-20-22-24-26-28-30-32-39(45)54-36(34-53-43-42(48)41(47)40(46)37(55-43)35-56(49,50)51)33-52-38(44)31-29-27-25-23-21-19-16-14-12-10-8-6-4-2/h26,28,30,32,36-37,40-43,46-48H,3-25,27,29,31,33-35H2,1-2H3,(H,49,50,51)/b28-26+,32-30+/t36-,37-,40-,41?,42?,43+/m1/s1. The van der Waals surface area contributed by atoms with Gasteiger partial charge in [0.25, 0.3) is 10.1 Å². The number of unbranched alkanes of at least 4 members (excludes halogenated alkanes) is 23. The first kappa shape index (κ1) is 52.1. The highest BCUT2D eigenvalue weighted by Crippen LogP contribution is 2.24. The molecule has 0 radical (unpaired) electrons. The Morgan fingerprint density at radius 2 is 1.12 bits per heavy atom. The molecule has 12 nitrogen and oxygen atoms in total. The maximum atomic E-state index is 12.7. The predicted molar refractivity (Wildman–Crippen MR) is 220 cm³/mol. The molecule has 0 aromatic rings. The third-order valence-electron chi connectivity index (χ3n) is 10.1. The molecule has 1 rings (SSSR count). The van der Waals surface area contributed by atoms with Crippen LogP contribution in [0.4, 0.5) is 0 Å². The van der Waals surface area contributed by atoms with Crippen molar-refractivity contribution in [3.05, 3.63) is 24.3 Å². The number of carbonyl (C=O) groups excluding carboxylic acids is 2. The highest BCUT2D eigenvalue weighted by Gasteiger charge is 2.46. The van der Waals surface area contributed by atoms with Gasteiger partial charge in [-0.05, 0) is 19.3 Å². The second kappa shape index (κ2) is 34.0. The number of aliphatic hydroxyl groups is 3. The molecule has 328 valence electrons. The van der Waals surface area contributed by atoms with Gasteiger partial charge in [-0.1, -0.05) is 173 Å². The van der Waals surface area contributed by atoms with E-state index in [0.717, 1.165) is 38.5 Å². The molecule has 0 aromatic heterocycles. The second-order valence-corrected chi connectivity index (χ2v) is 16.9. The summed E-state index contributed by atoms with van der Waals surface area (Å²) in [6.45, 7) is 3.66. The van der Waals surface area contributed by atoms with E-state index in [2.05, 4.69) is 13.8 Å². The van der Waals surface area contributed by atoms with E-state index in [1.165, 1.54) is 122 Å². The lowest BCUT2D eigenvalue weighted by atomic mass is 10.00. The molecule has 0 saturated carbocycles. The number of esters is 2. The molecule has 1 fully saturated rings. The molecule has 1 aliphatic rings. The van der Waals surface area contributed by atoms with Gasteiger partial charge in [-0.25, -0.2) is 4.79 Å². The fourth-order valence-corrected chi connectivity index (χ4v) is 7.39. The Balaban J connectivity index is 2.52. The second-order valence-electron chi connectivity index (χ2n) is 15.4. The molecule has 4 N–H and O–H groups in total. The SMILES string of the molecule is CCCCCCCCCCCCC/C=C/C=C/C(=O)O[C@H](COC(=O)CCCCCCCCCCCCCCC)CO[C@H]1O[C@H](CS(=O)(=O)O)[C@@H](O)C(O)C1O. The molecule has 0 amide bonds. The van der Waals surface area contributed by atoms with E-state index in [1.807, 2.05) is 6.08 Å². The Bertz CT molecular complexity index is 1140. The minimum atomic E-state index is -4.61. The lowest BCUT2D eigenvalue weighted by molar-refractivity contribution is -0.297. The number of hydrogen-bond acceptors (Lipinski definition) is 11. The first-order valence-electron chi connectivity index (χ1n) is 21.9. The van der Waals surface area contributed by atoms with E-state index >= 15 is 0 Å². The summed E-state index contributed by atoms with van der Waals surface area (Å²) >= 11 is 0. The van der Waals surface area contributed by atoms with Gasteiger partial charge in [-0.2, -0.15) is 8.42 Å². The van der Waals surface area contributed by atoms with Crippen LogP contribution in [0.5, 0.6) is 0 Å². The highest BCUT2D eigenvalue weighted by molar-refractivity contribution is 7.85. The minimum absolute atomic E-state index is 0.203. The molecule has 0 aromatic carbocycles.